The Balaban J connectivity index is 1.19. The summed E-state index contributed by atoms with van der Waals surface area (Å²) in [5, 5.41) is 0. The minimum atomic E-state index is -0.474. The molecule has 270 valence electrons. The molecule has 9 heteroatoms. The highest BCUT2D eigenvalue weighted by molar-refractivity contribution is 5.91. The summed E-state index contributed by atoms with van der Waals surface area (Å²) in [6, 6.07) is 21.8. The lowest BCUT2D eigenvalue weighted by molar-refractivity contribution is -0.145. The van der Waals surface area contributed by atoms with E-state index < -0.39 is 11.9 Å². The molecule has 0 saturated heterocycles. The van der Waals surface area contributed by atoms with E-state index in [-0.39, 0.29) is 31.3 Å². The van der Waals surface area contributed by atoms with Crippen molar-refractivity contribution in [3.05, 3.63) is 114 Å². The predicted octanol–water partition coefficient (Wildman–Crippen LogP) is 8.10. The molecule has 0 N–H and O–H groups in total. The molecule has 0 aliphatic heterocycles. The Morgan fingerprint density at radius 2 is 1.16 bits per heavy atom. The number of unbranched alkanes of at least 4 members (excludes halogenated alkanes) is 1. The highest BCUT2D eigenvalue weighted by atomic mass is 16.5. The molecule has 3 aromatic rings. The van der Waals surface area contributed by atoms with E-state index in [0.717, 1.165) is 56.2 Å². The van der Waals surface area contributed by atoms with Gasteiger partial charge in [0.25, 0.3) is 0 Å². The van der Waals surface area contributed by atoms with Crippen molar-refractivity contribution in [3.8, 4) is 16.9 Å². The Kier molecular flexibility index (Phi) is 14.7. The zero-order chi connectivity index (χ0) is 36.8. The van der Waals surface area contributed by atoms with Crippen LogP contribution in [-0.4, -0.2) is 67.7 Å². The van der Waals surface area contributed by atoms with E-state index in [2.05, 4.69) is 25.0 Å². The van der Waals surface area contributed by atoms with E-state index in [0.29, 0.717) is 47.0 Å². The molecule has 9 nitrogen and oxygen atoms in total. The van der Waals surface area contributed by atoms with E-state index in [4.69, 9.17) is 18.9 Å². The van der Waals surface area contributed by atoms with Crippen LogP contribution in [0.25, 0.3) is 11.1 Å². The van der Waals surface area contributed by atoms with Crippen LogP contribution in [0.3, 0.4) is 0 Å². The third-order valence-electron chi connectivity index (χ3n) is 8.89. The van der Waals surface area contributed by atoms with Gasteiger partial charge in [0, 0.05) is 24.2 Å². The van der Waals surface area contributed by atoms with Gasteiger partial charge >= 0.3 is 23.9 Å². The molecule has 0 atom stereocenters. The van der Waals surface area contributed by atoms with Gasteiger partial charge in [-0.3, -0.25) is 4.90 Å². The maximum Gasteiger partial charge on any atom is 0.338 e. The second-order valence-corrected chi connectivity index (χ2v) is 13.0. The fraction of sp³-hybridized carbons (Fsp3) is 0.381. The van der Waals surface area contributed by atoms with Crippen LogP contribution in [0.1, 0.15) is 91.5 Å². The molecule has 0 unspecified atom stereocenters. The fourth-order valence-corrected chi connectivity index (χ4v) is 5.78. The van der Waals surface area contributed by atoms with Crippen LogP contribution in [0.5, 0.6) is 5.75 Å². The summed E-state index contributed by atoms with van der Waals surface area (Å²) in [6.45, 7) is 14.9. The Labute approximate surface area is 301 Å². The minimum absolute atomic E-state index is 0.0680. The van der Waals surface area contributed by atoms with Gasteiger partial charge in [-0.25, -0.2) is 19.2 Å². The number of carbonyl (C=O) groups is 4. The van der Waals surface area contributed by atoms with E-state index in [1.54, 1.807) is 38.1 Å². The fourth-order valence-electron chi connectivity index (χ4n) is 5.78. The van der Waals surface area contributed by atoms with Crippen molar-refractivity contribution in [2.45, 2.75) is 71.3 Å². The largest absolute Gasteiger partial charge is 0.461 e. The number of hydrogen-bond donors (Lipinski definition) is 0. The number of rotatable bonds is 17. The van der Waals surface area contributed by atoms with Gasteiger partial charge < -0.3 is 18.9 Å². The molecule has 0 amide bonds. The van der Waals surface area contributed by atoms with Crippen LogP contribution in [0.15, 0.2) is 97.1 Å². The zero-order valence-electron chi connectivity index (χ0n) is 30.0. The van der Waals surface area contributed by atoms with Gasteiger partial charge in [0.15, 0.2) is 0 Å². The number of nitrogens with zero attached hydrogens (tertiary/aromatic N) is 1. The summed E-state index contributed by atoms with van der Waals surface area (Å²) in [5.41, 5.74) is 4.68. The van der Waals surface area contributed by atoms with Gasteiger partial charge in [0.2, 0.25) is 0 Å². The van der Waals surface area contributed by atoms with Crippen molar-refractivity contribution in [2.75, 3.05) is 32.8 Å². The van der Waals surface area contributed by atoms with Crippen LogP contribution in [-0.2, 0) is 23.8 Å². The molecule has 3 aromatic carbocycles. The van der Waals surface area contributed by atoms with E-state index in [1.165, 1.54) is 5.56 Å². The molecule has 0 aromatic heterocycles. The van der Waals surface area contributed by atoms with Crippen molar-refractivity contribution in [3.63, 3.8) is 0 Å². The first-order valence-electron chi connectivity index (χ1n) is 17.6. The molecule has 0 spiro atoms. The molecule has 1 aliphatic rings. The summed E-state index contributed by atoms with van der Waals surface area (Å²) in [7, 11) is 0. The number of esters is 4. The smallest absolute Gasteiger partial charge is 0.338 e. The summed E-state index contributed by atoms with van der Waals surface area (Å²) < 4.78 is 21.9. The van der Waals surface area contributed by atoms with Crippen LogP contribution in [0.4, 0.5) is 0 Å². The maximum absolute atomic E-state index is 12.8. The molecular formula is C42H49NO8. The molecular weight excluding hydrogens is 646 g/mol. The minimum Gasteiger partial charge on any atom is -0.461 e. The summed E-state index contributed by atoms with van der Waals surface area (Å²) in [5.74, 6) is -0.791. The lowest BCUT2D eigenvalue weighted by atomic mass is 9.82. The number of hydrogen-bond acceptors (Lipinski definition) is 9. The van der Waals surface area contributed by atoms with Gasteiger partial charge in [-0.15, -0.1) is 0 Å². The normalized spacial score (nSPS) is 15.5. The second kappa shape index (κ2) is 19.4. The summed E-state index contributed by atoms with van der Waals surface area (Å²) >= 11 is 0. The highest BCUT2D eigenvalue weighted by Gasteiger charge is 2.25. The van der Waals surface area contributed by atoms with E-state index in [1.807, 2.05) is 48.5 Å². The first kappa shape index (κ1) is 38.8. The molecule has 1 aliphatic carbocycles. The summed E-state index contributed by atoms with van der Waals surface area (Å²) in [6.07, 6.45) is 5.37. The molecule has 51 heavy (non-hydrogen) atoms. The molecule has 1 fully saturated rings. The molecule has 1 saturated carbocycles. The predicted molar refractivity (Wildman–Crippen MR) is 197 cm³/mol. The topological polar surface area (TPSA) is 108 Å². The van der Waals surface area contributed by atoms with Crippen molar-refractivity contribution < 1.29 is 38.1 Å². The average Bonchev–Trinajstić information content (AvgIpc) is 3.14. The number of benzene rings is 3. The van der Waals surface area contributed by atoms with Crippen LogP contribution in [0, 0.1) is 0 Å². The van der Waals surface area contributed by atoms with Crippen molar-refractivity contribution in [1.82, 2.24) is 4.90 Å². The third-order valence-corrected chi connectivity index (χ3v) is 8.89. The quantitative estimate of drug-likeness (QED) is 0.0599. The lowest BCUT2D eigenvalue weighted by Crippen LogP contribution is -2.33. The molecule has 0 radical (unpaired) electrons. The Bertz CT molecular complexity index is 1650. The van der Waals surface area contributed by atoms with Gasteiger partial charge in [0.05, 0.1) is 11.1 Å². The summed E-state index contributed by atoms with van der Waals surface area (Å²) in [4.78, 5) is 51.3. The standard InChI is InChI=1S/C42H49NO8/c1-6-7-24-43(25-27-48-41(46)35-12-8-31(9-13-35)33-16-20-37(21-17-33)50-39(44)29(2)3)26-28-49-42(47)36-14-10-32(11-15-36)34-18-22-38(23-19-34)51-40(45)30(4)5/h8-17,20-21,34,38H,2,4,6-7,18-19,22-28H2,1,3,5H3. The van der Waals surface area contributed by atoms with Crippen molar-refractivity contribution in [2.24, 2.45) is 0 Å². The second-order valence-electron chi connectivity index (χ2n) is 13.0. The first-order chi connectivity index (χ1) is 24.5. The molecule has 0 heterocycles. The molecule has 0 bridgehead atoms. The van der Waals surface area contributed by atoms with Gasteiger partial charge in [-0.05, 0) is 112 Å². The maximum atomic E-state index is 12.8. The van der Waals surface area contributed by atoms with Crippen molar-refractivity contribution >= 4 is 23.9 Å². The Morgan fingerprint density at radius 3 is 1.65 bits per heavy atom. The number of carbonyl (C=O) groups excluding carboxylic acids is 4. The Hall–Kier alpha value is -5.02. The SMILES string of the molecule is C=C(C)C(=O)Oc1ccc(-c2ccc(C(=O)OCCN(CCCC)CCOC(=O)c3ccc(C4CCC(OC(=O)C(=C)C)CC4)cc3)cc2)cc1. The van der Waals surface area contributed by atoms with Crippen LogP contribution >= 0.6 is 0 Å². The molecule has 4 rings (SSSR count). The monoisotopic (exact) mass is 695 g/mol. The zero-order valence-corrected chi connectivity index (χ0v) is 30.0. The Morgan fingerprint density at radius 1 is 0.667 bits per heavy atom. The highest BCUT2D eigenvalue weighted by Crippen LogP contribution is 2.34. The lowest BCUT2D eigenvalue weighted by Gasteiger charge is -2.28. The van der Waals surface area contributed by atoms with Gasteiger partial charge in [-0.2, -0.15) is 0 Å². The van der Waals surface area contributed by atoms with E-state index >= 15 is 0 Å². The van der Waals surface area contributed by atoms with Gasteiger partial charge in [0.1, 0.15) is 25.1 Å². The van der Waals surface area contributed by atoms with Gasteiger partial charge in [-0.1, -0.05) is 62.9 Å². The number of ether oxygens (including phenoxy) is 4. The van der Waals surface area contributed by atoms with E-state index in [9.17, 15) is 19.2 Å². The van der Waals surface area contributed by atoms with Crippen LogP contribution in [0.2, 0.25) is 0 Å². The van der Waals surface area contributed by atoms with Crippen LogP contribution < -0.4 is 4.74 Å². The first-order valence-corrected chi connectivity index (χ1v) is 17.6. The average molecular weight is 696 g/mol. The van der Waals surface area contributed by atoms with Crippen molar-refractivity contribution in [1.29, 1.82) is 0 Å². The third kappa shape index (κ3) is 12.1.